The Hall–Kier alpha value is -2.48. The van der Waals surface area contributed by atoms with E-state index < -0.39 is 16.8 Å². The van der Waals surface area contributed by atoms with E-state index in [0.717, 1.165) is 17.2 Å². The molecule has 0 aromatic heterocycles. The van der Waals surface area contributed by atoms with Crippen LogP contribution in [0.1, 0.15) is 27.6 Å². The highest BCUT2D eigenvalue weighted by Crippen LogP contribution is 2.19. The predicted octanol–water partition coefficient (Wildman–Crippen LogP) is 1.40. The Morgan fingerprint density at radius 2 is 1.90 bits per heavy atom. The average molecular weight is 282 g/mol. The number of nitro benzene ring substituents is 1. The van der Waals surface area contributed by atoms with Gasteiger partial charge in [0.15, 0.2) is 0 Å². The molecule has 0 saturated heterocycles. The van der Waals surface area contributed by atoms with Gasteiger partial charge in [0, 0.05) is 24.7 Å². The number of hydroxylamine groups is 2. The van der Waals surface area contributed by atoms with Gasteiger partial charge in [0.25, 0.3) is 11.6 Å². The summed E-state index contributed by atoms with van der Waals surface area (Å²) in [5.41, 5.74) is -0.469. The van der Waals surface area contributed by atoms with Crippen LogP contribution in [0, 0.1) is 10.1 Å². The highest BCUT2D eigenvalue weighted by atomic mass is 16.7. The molecule has 8 nitrogen and oxygen atoms in total. The minimum absolute atomic E-state index is 0.0356. The largest absolute Gasteiger partial charge is 0.462 e. The molecule has 0 unspecified atom stereocenters. The molecule has 0 saturated carbocycles. The summed E-state index contributed by atoms with van der Waals surface area (Å²) < 4.78 is 4.77. The number of non-ortho nitro benzene ring substituents is 1. The Morgan fingerprint density at radius 3 is 2.40 bits per heavy atom. The Kier molecular flexibility index (Phi) is 5.15. The number of nitro groups is 1. The van der Waals surface area contributed by atoms with Crippen molar-refractivity contribution in [1.29, 1.82) is 0 Å². The van der Waals surface area contributed by atoms with E-state index in [1.807, 2.05) is 0 Å². The zero-order valence-corrected chi connectivity index (χ0v) is 11.3. The Bertz CT molecular complexity index is 543. The van der Waals surface area contributed by atoms with Crippen LogP contribution >= 0.6 is 0 Å². The van der Waals surface area contributed by atoms with E-state index in [0.29, 0.717) is 0 Å². The molecule has 0 aliphatic rings. The second kappa shape index (κ2) is 6.62. The number of hydrogen-bond acceptors (Lipinski definition) is 6. The van der Waals surface area contributed by atoms with Gasteiger partial charge in [-0.05, 0) is 13.0 Å². The van der Waals surface area contributed by atoms with Crippen LogP contribution < -0.4 is 0 Å². The molecule has 0 aliphatic carbocycles. The first kappa shape index (κ1) is 15.6. The molecule has 1 amide bonds. The van der Waals surface area contributed by atoms with Crippen LogP contribution in [0.5, 0.6) is 0 Å². The van der Waals surface area contributed by atoms with E-state index in [2.05, 4.69) is 0 Å². The van der Waals surface area contributed by atoms with Gasteiger partial charge in [-0.2, -0.15) is 0 Å². The maximum absolute atomic E-state index is 11.9. The van der Waals surface area contributed by atoms with Crippen molar-refractivity contribution in [2.45, 2.75) is 6.92 Å². The van der Waals surface area contributed by atoms with Crippen LogP contribution in [0.3, 0.4) is 0 Å². The lowest BCUT2D eigenvalue weighted by atomic mass is 10.1. The molecule has 0 heterocycles. The van der Waals surface area contributed by atoms with Crippen molar-refractivity contribution in [2.75, 3.05) is 20.8 Å². The van der Waals surface area contributed by atoms with Gasteiger partial charge in [-0.3, -0.25) is 19.7 Å². The van der Waals surface area contributed by atoms with Crippen molar-refractivity contribution in [2.24, 2.45) is 0 Å². The van der Waals surface area contributed by atoms with Gasteiger partial charge in [0.1, 0.15) is 0 Å². The first-order valence-electron chi connectivity index (χ1n) is 5.69. The average Bonchev–Trinajstić information content (AvgIpc) is 2.45. The van der Waals surface area contributed by atoms with Crippen LogP contribution in [0.2, 0.25) is 0 Å². The molecule has 0 atom stereocenters. The number of carbonyl (C=O) groups is 2. The molecule has 0 fully saturated rings. The molecule has 0 spiro atoms. The minimum Gasteiger partial charge on any atom is -0.462 e. The van der Waals surface area contributed by atoms with Gasteiger partial charge in [-0.25, -0.2) is 9.86 Å². The van der Waals surface area contributed by atoms with Crippen LogP contribution in [0.15, 0.2) is 18.2 Å². The Labute approximate surface area is 115 Å². The summed E-state index contributed by atoms with van der Waals surface area (Å²) in [4.78, 5) is 38.4. The zero-order valence-electron chi connectivity index (χ0n) is 11.3. The lowest BCUT2D eigenvalue weighted by Crippen LogP contribution is -2.25. The van der Waals surface area contributed by atoms with Gasteiger partial charge >= 0.3 is 5.97 Å². The quantitative estimate of drug-likeness (QED) is 0.460. The van der Waals surface area contributed by atoms with Crippen LogP contribution in [-0.4, -0.2) is 42.6 Å². The Balaban J connectivity index is 3.27. The van der Waals surface area contributed by atoms with Crippen LogP contribution in [0.25, 0.3) is 0 Å². The van der Waals surface area contributed by atoms with Crippen molar-refractivity contribution in [1.82, 2.24) is 5.06 Å². The fraction of sp³-hybridized carbons (Fsp3) is 0.333. The fourth-order valence-corrected chi connectivity index (χ4v) is 1.44. The third-order valence-electron chi connectivity index (χ3n) is 2.45. The number of carbonyl (C=O) groups excluding carboxylic acids is 2. The molecular weight excluding hydrogens is 268 g/mol. The number of rotatable bonds is 5. The zero-order chi connectivity index (χ0) is 15.3. The lowest BCUT2D eigenvalue weighted by Gasteiger charge is -2.13. The highest BCUT2D eigenvalue weighted by Gasteiger charge is 2.20. The second-order valence-electron chi connectivity index (χ2n) is 3.73. The number of nitrogens with zero attached hydrogens (tertiary/aromatic N) is 2. The molecule has 0 N–H and O–H groups in total. The topological polar surface area (TPSA) is 99.0 Å². The maximum atomic E-state index is 11.9. The number of hydrogen-bond donors (Lipinski definition) is 0. The van der Waals surface area contributed by atoms with Crippen molar-refractivity contribution >= 4 is 17.6 Å². The molecule has 108 valence electrons. The van der Waals surface area contributed by atoms with Crippen molar-refractivity contribution in [3.05, 3.63) is 39.4 Å². The number of amides is 1. The second-order valence-corrected chi connectivity index (χ2v) is 3.73. The minimum atomic E-state index is -0.731. The van der Waals surface area contributed by atoms with E-state index in [9.17, 15) is 19.7 Å². The van der Waals surface area contributed by atoms with Crippen molar-refractivity contribution in [3.63, 3.8) is 0 Å². The SMILES string of the molecule is CCOC(=O)c1cc(C(=O)N(C)OC)cc([N+](=O)[O-])c1. The van der Waals surface area contributed by atoms with Crippen molar-refractivity contribution in [3.8, 4) is 0 Å². The summed E-state index contributed by atoms with van der Waals surface area (Å²) in [6, 6.07) is 3.35. The standard InChI is InChI=1S/C12H14N2O6/c1-4-20-12(16)9-5-8(11(15)13(2)19-3)6-10(7-9)14(17)18/h5-7H,4H2,1-3H3. The van der Waals surface area contributed by atoms with E-state index in [1.54, 1.807) is 6.92 Å². The lowest BCUT2D eigenvalue weighted by molar-refractivity contribution is -0.384. The number of ether oxygens (including phenoxy) is 1. The molecule has 0 aliphatic heterocycles. The first-order chi connectivity index (χ1) is 9.40. The summed E-state index contributed by atoms with van der Waals surface area (Å²) in [6.45, 7) is 1.74. The van der Waals surface area contributed by atoms with Gasteiger partial charge in [-0.1, -0.05) is 0 Å². The van der Waals surface area contributed by atoms with Crippen LogP contribution in [-0.2, 0) is 9.57 Å². The Morgan fingerprint density at radius 1 is 1.30 bits per heavy atom. The van der Waals surface area contributed by atoms with E-state index in [1.165, 1.54) is 20.2 Å². The first-order valence-corrected chi connectivity index (χ1v) is 5.69. The van der Waals surface area contributed by atoms with Crippen molar-refractivity contribution < 1.29 is 24.1 Å². The normalized spacial score (nSPS) is 9.95. The smallest absolute Gasteiger partial charge is 0.338 e. The fourth-order valence-electron chi connectivity index (χ4n) is 1.44. The number of esters is 1. The summed E-state index contributed by atoms with van der Waals surface area (Å²) in [5.74, 6) is -1.34. The molecule has 1 aromatic rings. The van der Waals surface area contributed by atoms with E-state index in [4.69, 9.17) is 9.57 Å². The third-order valence-corrected chi connectivity index (χ3v) is 2.45. The number of benzene rings is 1. The molecular formula is C12H14N2O6. The van der Waals surface area contributed by atoms with Crippen LogP contribution in [0.4, 0.5) is 5.69 Å². The maximum Gasteiger partial charge on any atom is 0.338 e. The van der Waals surface area contributed by atoms with E-state index in [-0.39, 0.29) is 23.4 Å². The molecule has 1 aromatic carbocycles. The van der Waals surface area contributed by atoms with Gasteiger partial charge in [-0.15, -0.1) is 0 Å². The van der Waals surface area contributed by atoms with Gasteiger partial charge < -0.3 is 4.74 Å². The van der Waals surface area contributed by atoms with Gasteiger partial charge in [0.2, 0.25) is 0 Å². The highest BCUT2D eigenvalue weighted by molar-refractivity contribution is 5.98. The van der Waals surface area contributed by atoms with Gasteiger partial charge in [0.05, 0.1) is 24.2 Å². The molecule has 20 heavy (non-hydrogen) atoms. The summed E-state index contributed by atoms with van der Waals surface area (Å²) in [7, 11) is 2.63. The van der Waals surface area contributed by atoms with E-state index >= 15 is 0 Å². The summed E-state index contributed by atoms with van der Waals surface area (Å²) in [5, 5.41) is 11.7. The molecule has 0 radical (unpaired) electrons. The predicted molar refractivity (Wildman–Crippen MR) is 68.2 cm³/mol. The summed E-state index contributed by atoms with van der Waals surface area (Å²) >= 11 is 0. The monoisotopic (exact) mass is 282 g/mol. The molecule has 1 rings (SSSR count). The third kappa shape index (κ3) is 3.51. The molecule has 0 bridgehead atoms. The molecule has 8 heteroatoms. The summed E-state index contributed by atoms with van der Waals surface area (Å²) in [6.07, 6.45) is 0.